The summed E-state index contributed by atoms with van der Waals surface area (Å²) in [5.41, 5.74) is 3.26. The van der Waals surface area contributed by atoms with Crippen molar-refractivity contribution in [1.29, 1.82) is 0 Å². The van der Waals surface area contributed by atoms with Crippen LogP contribution >= 0.6 is 0 Å². The van der Waals surface area contributed by atoms with E-state index in [0.29, 0.717) is 6.04 Å². The van der Waals surface area contributed by atoms with Crippen molar-refractivity contribution in [2.75, 3.05) is 7.05 Å². The fraction of sp³-hybridized carbons (Fsp3) is 0.588. The second-order valence-electron chi connectivity index (χ2n) is 6.13. The van der Waals surface area contributed by atoms with Crippen LogP contribution in [0.25, 0.3) is 0 Å². The van der Waals surface area contributed by atoms with Gasteiger partial charge < -0.3 is 4.90 Å². The Morgan fingerprint density at radius 3 is 2.32 bits per heavy atom. The number of nitrogens with zero attached hydrogens (tertiary/aromatic N) is 1. The molecule has 0 aliphatic heterocycles. The summed E-state index contributed by atoms with van der Waals surface area (Å²) in [5, 5.41) is 0. The molecule has 1 aromatic carbocycles. The molecule has 1 aromatic rings. The number of carbonyl (C=O) groups is 1. The lowest BCUT2D eigenvalue weighted by molar-refractivity contribution is 0.0679. The summed E-state index contributed by atoms with van der Waals surface area (Å²) < 4.78 is 0. The van der Waals surface area contributed by atoms with Crippen LogP contribution in [0.15, 0.2) is 18.2 Å². The molecule has 0 aromatic heterocycles. The van der Waals surface area contributed by atoms with Crippen LogP contribution in [0.2, 0.25) is 0 Å². The van der Waals surface area contributed by atoms with Crippen molar-refractivity contribution in [3.8, 4) is 0 Å². The van der Waals surface area contributed by atoms with Crippen molar-refractivity contribution in [2.24, 2.45) is 5.92 Å². The fourth-order valence-electron chi connectivity index (χ4n) is 2.87. The fourth-order valence-corrected chi connectivity index (χ4v) is 2.87. The summed E-state index contributed by atoms with van der Waals surface area (Å²) in [6.45, 7) is 6.45. The van der Waals surface area contributed by atoms with Gasteiger partial charge in [-0.3, -0.25) is 4.79 Å². The van der Waals surface area contributed by atoms with Crippen LogP contribution < -0.4 is 0 Å². The van der Waals surface area contributed by atoms with Gasteiger partial charge in [0.2, 0.25) is 0 Å². The summed E-state index contributed by atoms with van der Waals surface area (Å²) in [6.07, 6.45) is 4.78. The highest BCUT2D eigenvalue weighted by molar-refractivity contribution is 5.94. The van der Waals surface area contributed by atoms with Gasteiger partial charge in [0.05, 0.1) is 0 Å². The van der Waals surface area contributed by atoms with Crippen molar-refractivity contribution in [1.82, 2.24) is 4.90 Å². The minimum Gasteiger partial charge on any atom is -0.339 e. The Hall–Kier alpha value is -1.31. The molecule has 0 spiro atoms. The third-order valence-electron chi connectivity index (χ3n) is 4.61. The molecule has 0 atom stereocenters. The standard InChI is InChI=1S/C17H25NO/c1-12-5-9-16(10-6-12)18(4)17(19)15-8-7-13(2)14(3)11-15/h7-8,11-12,16H,5-6,9-10H2,1-4H3. The van der Waals surface area contributed by atoms with Gasteiger partial charge in [0.1, 0.15) is 0 Å². The lowest BCUT2D eigenvalue weighted by Crippen LogP contribution is -2.39. The van der Waals surface area contributed by atoms with Gasteiger partial charge in [0.25, 0.3) is 5.91 Å². The normalized spacial score (nSPS) is 23.2. The number of hydrogen-bond acceptors (Lipinski definition) is 1. The summed E-state index contributed by atoms with van der Waals surface area (Å²) >= 11 is 0. The minimum atomic E-state index is 0.169. The zero-order chi connectivity index (χ0) is 14.0. The average Bonchev–Trinajstić information content (AvgIpc) is 2.41. The highest BCUT2D eigenvalue weighted by atomic mass is 16.2. The Morgan fingerprint density at radius 1 is 1.11 bits per heavy atom. The van der Waals surface area contributed by atoms with E-state index in [1.54, 1.807) is 0 Å². The molecule has 0 heterocycles. The Morgan fingerprint density at radius 2 is 1.74 bits per heavy atom. The molecule has 1 fully saturated rings. The first-order valence-electron chi connectivity index (χ1n) is 7.33. The smallest absolute Gasteiger partial charge is 0.253 e. The molecule has 0 unspecified atom stereocenters. The zero-order valence-electron chi connectivity index (χ0n) is 12.6. The molecule has 1 amide bonds. The molecule has 0 saturated heterocycles. The van der Waals surface area contributed by atoms with Gasteiger partial charge in [-0.25, -0.2) is 0 Å². The van der Waals surface area contributed by atoms with E-state index in [4.69, 9.17) is 0 Å². The summed E-state index contributed by atoms with van der Waals surface area (Å²) in [4.78, 5) is 14.5. The van der Waals surface area contributed by atoms with Gasteiger partial charge in [-0.15, -0.1) is 0 Å². The van der Waals surface area contributed by atoms with Crippen molar-refractivity contribution in [3.63, 3.8) is 0 Å². The van der Waals surface area contributed by atoms with Crippen molar-refractivity contribution >= 4 is 5.91 Å². The van der Waals surface area contributed by atoms with E-state index in [0.717, 1.165) is 24.3 Å². The van der Waals surface area contributed by atoms with Crippen molar-refractivity contribution in [2.45, 2.75) is 52.5 Å². The first-order valence-corrected chi connectivity index (χ1v) is 7.33. The number of benzene rings is 1. The summed E-state index contributed by atoms with van der Waals surface area (Å²) in [7, 11) is 1.96. The van der Waals surface area contributed by atoms with Gasteiger partial charge in [-0.05, 0) is 68.7 Å². The molecule has 1 aliphatic rings. The molecule has 0 bridgehead atoms. The first kappa shape index (κ1) is 14.1. The van der Waals surface area contributed by atoms with Gasteiger partial charge in [-0.1, -0.05) is 13.0 Å². The molecule has 2 heteroatoms. The zero-order valence-corrected chi connectivity index (χ0v) is 12.6. The van der Waals surface area contributed by atoms with E-state index >= 15 is 0 Å². The summed E-state index contributed by atoms with van der Waals surface area (Å²) in [5.74, 6) is 0.990. The number of carbonyl (C=O) groups excluding carboxylic acids is 1. The predicted molar refractivity (Wildman–Crippen MR) is 79.4 cm³/mol. The second kappa shape index (κ2) is 5.77. The van der Waals surface area contributed by atoms with Crippen LogP contribution in [0.3, 0.4) is 0 Å². The highest BCUT2D eigenvalue weighted by Crippen LogP contribution is 2.27. The Kier molecular flexibility index (Phi) is 4.28. The van der Waals surface area contributed by atoms with Crippen LogP contribution in [0, 0.1) is 19.8 Å². The van der Waals surface area contributed by atoms with Gasteiger partial charge in [0, 0.05) is 18.7 Å². The number of hydrogen-bond donors (Lipinski definition) is 0. The molecular weight excluding hydrogens is 234 g/mol. The van der Waals surface area contributed by atoms with Crippen LogP contribution in [-0.2, 0) is 0 Å². The van der Waals surface area contributed by atoms with Gasteiger partial charge in [-0.2, -0.15) is 0 Å². The molecule has 0 N–H and O–H groups in total. The molecule has 2 rings (SSSR count). The van der Waals surface area contributed by atoms with Gasteiger partial charge >= 0.3 is 0 Å². The summed E-state index contributed by atoms with van der Waals surface area (Å²) in [6, 6.07) is 6.43. The van der Waals surface area contributed by atoms with E-state index in [9.17, 15) is 4.79 Å². The lowest BCUT2D eigenvalue weighted by Gasteiger charge is -2.33. The number of aryl methyl sites for hydroxylation is 2. The maximum Gasteiger partial charge on any atom is 0.253 e. The Bertz CT molecular complexity index is 458. The highest BCUT2D eigenvalue weighted by Gasteiger charge is 2.25. The molecule has 1 saturated carbocycles. The number of amides is 1. The maximum absolute atomic E-state index is 12.5. The topological polar surface area (TPSA) is 20.3 Å². The quantitative estimate of drug-likeness (QED) is 0.787. The van der Waals surface area contributed by atoms with Crippen LogP contribution in [0.5, 0.6) is 0 Å². The molecular formula is C17H25NO. The van der Waals surface area contributed by atoms with Crippen molar-refractivity contribution < 1.29 is 4.79 Å². The third kappa shape index (κ3) is 3.17. The first-order chi connectivity index (χ1) is 8.99. The van der Waals surface area contributed by atoms with Crippen molar-refractivity contribution in [3.05, 3.63) is 34.9 Å². The largest absolute Gasteiger partial charge is 0.339 e. The molecule has 0 radical (unpaired) electrons. The number of rotatable bonds is 2. The SMILES string of the molecule is Cc1ccc(C(=O)N(C)C2CCC(C)CC2)cc1C. The van der Waals surface area contributed by atoms with Crippen LogP contribution in [0.4, 0.5) is 0 Å². The predicted octanol–water partition coefficient (Wildman–Crippen LogP) is 3.95. The van der Waals surface area contributed by atoms with Gasteiger partial charge in [0.15, 0.2) is 0 Å². The Balaban J connectivity index is 2.08. The molecule has 104 valence electrons. The van der Waals surface area contributed by atoms with E-state index in [2.05, 4.69) is 20.8 Å². The maximum atomic E-state index is 12.5. The lowest BCUT2D eigenvalue weighted by atomic mass is 9.86. The van der Waals surface area contributed by atoms with E-state index in [-0.39, 0.29) is 5.91 Å². The molecule has 19 heavy (non-hydrogen) atoms. The third-order valence-corrected chi connectivity index (χ3v) is 4.61. The molecule has 2 nitrogen and oxygen atoms in total. The molecule has 1 aliphatic carbocycles. The van der Waals surface area contributed by atoms with E-state index < -0.39 is 0 Å². The van der Waals surface area contributed by atoms with E-state index in [1.807, 2.05) is 30.1 Å². The van der Waals surface area contributed by atoms with Crippen LogP contribution in [-0.4, -0.2) is 23.9 Å². The van der Waals surface area contributed by atoms with E-state index in [1.165, 1.54) is 24.0 Å². The van der Waals surface area contributed by atoms with Crippen LogP contribution in [0.1, 0.15) is 54.1 Å². The second-order valence-corrected chi connectivity index (χ2v) is 6.13. The Labute approximate surface area is 116 Å². The average molecular weight is 259 g/mol. The minimum absolute atomic E-state index is 0.169. The monoisotopic (exact) mass is 259 g/mol.